The average molecular weight is 373 g/mol. The molecule has 0 unspecified atom stereocenters. The number of hydrogen-bond acceptors (Lipinski definition) is 5. The standard InChI is InChI=1S/C13H8ClF3N6O2/c1-21-5-19-11(23(24)25)12(21)22-6-18-10(20-22)7-2-8(13(15,16)17)4-9(14)3-7/h2-6H,1H3. The molecule has 0 saturated carbocycles. The molecular weight excluding hydrogens is 365 g/mol. The van der Waals surface area contributed by atoms with E-state index in [1.165, 1.54) is 24.0 Å². The third-order valence-electron chi connectivity index (χ3n) is 3.25. The van der Waals surface area contributed by atoms with Gasteiger partial charge in [0.05, 0.1) is 5.56 Å². The largest absolute Gasteiger partial charge is 0.416 e. The van der Waals surface area contributed by atoms with Crippen LogP contribution in [0.25, 0.3) is 17.2 Å². The Morgan fingerprint density at radius 2 is 1.92 bits per heavy atom. The molecule has 25 heavy (non-hydrogen) atoms. The second kappa shape index (κ2) is 5.84. The first-order valence-electron chi connectivity index (χ1n) is 6.62. The molecule has 12 heteroatoms. The smallest absolute Gasteiger partial charge is 0.358 e. The van der Waals surface area contributed by atoms with Crippen molar-refractivity contribution >= 4 is 17.4 Å². The Hall–Kier alpha value is -2.95. The molecule has 3 aromatic rings. The number of nitrogens with zero attached hydrogens (tertiary/aromatic N) is 6. The molecule has 3 rings (SSSR count). The molecule has 130 valence electrons. The fourth-order valence-corrected chi connectivity index (χ4v) is 2.42. The zero-order valence-corrected chi connectivity index (χ0v) is 13.2. The number of hydrogen-bond donors (Lipinski definition) is 0. The first-order valence-corrected chi connectivity index (χ1v) is 7.00. The summed E-state index contributed by atoms with van der Waals surface area (Å²) in [5.41, 5.74) is -0.915. The van der Waals surface area contributed by atoms with E-state index in [1.807, 2.05) is 0 Å². The Morgan fingerprint density at radius 3 is 2.56 bits per heavy atom. The van der Waals surface area contributed by atoms with Gasteiger partial charge in [0.15, 0.2) is 5.82 Å². The number of rotatable bonds is 3. The maximum Gasteiger partial charge on any atom is 0.416 e. The van der Waals surface area contributed by atoms with Crippen LogP contribution in [-0.2, 0) is 13.2 Å². The Kier molecular flexibility index (Phi) is 3.95. The maximum absolute atomic E-state index is 12.9. The van der Waals surface area contributed by atoms with Crippen LogP contribution in [-0.4, -0.2) is 29.2 Å². The fourth-order valence-electron chi connectivity index (χ4n) is 2.18. The van der Waals surface area contributed by atoms with Gasteiger partial charge in [0.2, 0.25) is 12.1 Å². The van der Waals surface area contributed by atoms with Gasteiger partial charge in [0, 0.05) is 17.6 Å². The van der Waals surface area contributed by atoms with Crippen LogP contribution in [0.15, 0.2) is 30.9 Å². The summed E-state index contributed by atoms with van der Waals surface area (Å²) >= 11 is 5.74. The zero-order chi connectivity index (χ0) is 18.4. The van der Waals surface area contributed by atoms with Gasteiger partial charge in [0.1, 0.15) is 6.33 Å². The highest BCUT2D eigenvalue weighted by Crippen LogP contribution is 2.34. The van der Waals surface area contributed by atoms with Crippen molar-refractivity contribution in [2.45, 2.75) is 6.18 Å². The molecule has 0 radical (unpaired) electrons. The van der Waals surface area contributed by atoms with Gasteiger partial charge in [-0.1, -0.05) is 11.6 Å². The molecule has 0 spiro atoms. The lowest BCUT2D eigenvalue weighted by atomic mass is 10.1. The van der Waals surface area contributed by atoms with Gasteiger partial charge in [-0.25, -0.2) is 4.98 Å². The summed E-state index contributed by atoms with van der Waals surface area (Å²) in [6, 6.07) is 2.91. The molecular formula is C13H8ClF3N6O2. The van der Waals surface area contributed by atoms with Gasteiger partial charge in [-0.3, -0.25) is 4.57 Å². The summed E-state index contributed by atoms with van der Waals surface area (Å²) in [4.78, 5) is 17.9. The Bertz CT molecular complexity index is 965. The van der Waals surface area contributed by atoms with E-state index in [1.54, 1.807) is 0 Å². The summed E-state index contributed by atoms with van der Waals surface area (Å²) in [5, 5.41) is 14.9. The molecule has 0 aliphatic rings. The minimum absolute atomic E-state index is 0.0156. The third-order valence-corrected chi connectivity index (χ3v) is 3.47. The number of aryl methyl sites for hydroxylation is 1. The number of nitro groups is 1. The van der Waals surface area contributed by atoms with Crippen LogP contribution < -0.4 is 0 Å². The van der Waals surface area contributed by atoms with Crippen molar-refractivity contribution in [1.82, 2.24) is 24.3 Å². The van der Waals surface area contributed by atoms with Crippen molar-refractivity contribution in [3.8, 4) is 17.2 Å². The monoisotopic (exact) mass is 372 g/mol. The van der Waals surface area contributed by atoms with E-state index >= 15 is 0 Å². The molecule has 8 nitrogen and oxygen atoms in total. The minimum atomic E-state index is -4.58. The van der Waals surface area contributed by atoms with Gasteiger partial charge >= 0.3 is 12.0 Å². The van der Waals surface area contributed by atoms with Gasteiger partial charge in [-0.2, -0.15) is 17.9 Å². The first kappa shape index (κ1) is 16.9. The van der Waals surface area contributed by atoms with E-state index in [4.69, 9.17) is 11.6 Å². The second-order valence-corrected chi connectivity index (χ2v) is 5.44. The van der Waals surface area contributed by atoms with E-state index in [-0.39, 0.29) is 22.2 Å². The molecule has 0 aliphatic heterocycles. The van der Waals surface area contributed by atoms with Crippen molar-refractivity contribution < 1.29 is 18.1 Å². The van der Waals surface area contributed by atoms with Crippen molar-refractivity contribution in [2.75, 3.05) is 0 Å². The Balaban J connectivity index is 2.08. The van der Waals surface area contributed by atoms with E-state index in [0.29, 0.717) is 0 Å². The molecule has 0 N–H and O–H groups in total. The maximum atomic E-state index is 12.9. The molecule has 0 aliphatic carbocycles. The van der Waals surface area contributed by atoms with Crippen molar-refractivity contribution in [3.63, 3.8) is 0 Å². The predicted molar refractivity (Wildman–Crippen MR) is 80.2 cm³/mol. The first-order chi connectivity index (χ1) is 11.7. The SMILES string of the molecule is Cn1cnc([N+](=O)[O-])c1-n1cnc(-c2cc(Cl)cc(C(F)(F)F)c2)n1. The van der Waals surface area contributed by atoms with Crippen LogP contribution in [0.1, 0.15) is 5.56 Å². The highest BCUT2D eigenvalue weighted by Gasteiger charge is 2.31. The molecule has 0 atom stereocenters. The fraction of sp³-hybridized carbons (Fsp3) is 0.154. The Labute approximate surface area is 142 Å². The molecule has 2 aromatic heterocycles. The van der Waals surface area contributed by atoms with Crippen LogP contribution in [0.2, 0.25) is 5.02 Å². The zero-order valence-electron chi connectivity index (χ0n) is 12.4. The quantitative estimate of drug-likeness (QED) is 0.520. The predicted octanol–water partition coefficient (Wildman–Crippen LogP) is 3.25. The van der Waals surface area contributed by atoms with E-state index in [2.05, 4.69) is 15.1 Å². The molecule has 2 heterocycles. The number of halogens is 4. The van der Waals surface area contributed by atoms with Gasteiger partial charge in [-0.15, -0.1) is 5.10 Å². The Morgan fingerprint density at radius 1 is 1.20 bits per heavy atom. The third kappa shape index (κ3) is 3.18. The molecule has 0 bridgehead atoms. The van der Waals surface area contributed by atoms with Gasteiger partial charge in [-0.05, 0) is 28.1 Å². The number of alkyl halides is 3. The summed E-state index contributed by atoms with van der Waals surface area (Å²) in [7, 11) is 1.51. The molecule has 0 fully saturated rings. The molecule has 0 amide bonds. The molecule has 1 aromatic carbocycles. The lowest BCUT2D eigenvalue weighted by molar-refractivity contribution is -0.389. The topological polar surface area (TPSA) is 91.7 Å². The van der Waals surface area contributed by atoms with Crippen LogP contribution in [0, 0.1) is 10.1 Å². The van der Waals surface area contributed by atoms with Crippen LogP contribution in [0.4, 0.5) is 19.0 Å². The van der Waals surface area contributed by atoms with Crippen molar-refractivity contribution in [3.05, 3.63) is 51.6 Å². The van der Waals surface area contributed by atoms with Gasteiger partial charge < -0.3 is 10.1 Å². The lowest BCUT2D eigenvalue weighted by Gasteiger charge is -2.08. The van der Waals surface area contributed by atoms with Crippen molar-refractivity contribution in [2.24, 2.45) is 7.05 Å². The summed E-state index contributed by atoms with van der Waals surface area (Å²) < 4.78 is 41.1. The lowest BCUT2D eigenvalue weighted by Crippen LogP contribution is -2.06. The number of imidazole rings is 1. The minimum Gasteiger partial charge on any atom is -0.358 e. The highest BCUT2D eigenvalue weighted by molar-refractivity contribution is 6.30. The normalized spacial score (nSPS) is 11.7. The van der Waals surface area contributed by atoms with Crippen LogP contribution in [0.3, 0.4) is 0 Å². The number of aromatic nitrogens is 5. The summed E-state index contributed by atoms with van der Waals surface area (Å²) in [6.07, 6.45) is -2.22. The average Bonchev–Trinajstić information content (AvgIpc) is 3.11. The van der Waals surface area contributed by atoms with Crippen LogP contribution in [0.5, 0.6) is 0 Å². The van der Waals surface area contributed by atoms with Crippen LogP contribution >= 0.6 is 11.6 Å². The summed E-state index contributed by atoms with van der Waals surface area (Å²) in [5.74, 6) is -0.508. The highest BCUT2D eigenvalue weighted by atomic mass is 35.5. The van der Waals surface area contributed by atoms with Gasteiger partial charge in [0.25, 0.3) is 0 Å². The van der Waals surface area contributed by atoms with Crippen molar-refractivity contribution in [1.29, 1.82) is 0 Å². The summed E-state index contributed by atoms with van der Waals surface area (Å²) in [6.45, 7) is 0. The molecule has 0 saturated heterocycles. The van der Waals surface area contributed by atoms with E-state index < -0.39 is 22.5 Å². The van der Waals surface area contributed by atoms with E-state index in [9.17, 15) is 23.3 Å². The number of benzene rings is 1. The second-order valence-electron chi connectivity index (χ2n) is 5.00. The van der Waals surface area contributed by atoms with E-state index in [0.717, 1.165) is 23.1 Å².